The first-order valence-corrected chi connectivity index (χ1v) is 9.39. The number of aromatic nitrogens is 2. The van der Waals surface area contributed by atoms with Gasteiger partial charge in [0.2, 0.25) is 5.78 Å². The molecule has 0 aliphatic heterocycles. The quantitative estimate of drug-likeness (QED) is 0.285. The highest BCUT2D eigenvalue weighted by atomic mass is 127. The molecular weight excluding hydrogens is 465 g/mol. The van der Waals surface area contributed by atoms with Crippen molar-refractivity contribution >= 4 is 22.7 Å². The number of carbonyl (C=O) groups is 2. The van der Waals surface area contributed by atoms with E-state index in [0.717, 1.165) is 22.4 Å². The third kappa shape index (κ3) is 4.43. The summed E-state index contributed by atoms with van der Waals surface area (Å²) in [6, 6.07) is 18.4. The maximum Gasteiger partial charge on any atom is 0.289 e. The number of hydrogen-bond donors (Lipinski definition) is 1. The summed E-state index contributed by atoms with van der Waals surface area (Å²) in [6.45, 7) is 4.69. The van der Waals surface area contributed by atoms with Gasteiger partial charge in [0.25, 0.3) is 11.7 Å². The van der Waals surface area contributed by atoms with E-state index in [1.165, 1.54) is 0 Å². The van der Waals surface area contributed by atoms with Gasteiger partial charge in [0.05, 0.1) is 19.2 Å². The number of amides is 1. The average molecular weight is 491 g/mol. The van der Waals surface area contributed by atoms with Crippen molar-refractivity contribution in [2.45, 2.75) is 26.8 Å². The van der Waals surface area contributed by atoms with Crippen LogP contribution in [-0.4, -0.2) is 22.8 Å². The van der Waals surface area contributed by atoms with Gasteiger partial charge in [0.1, 0.15) is 6.54 Å². The summed E-state index contributed by atoms with van der Waals surface area (Å²) in [5, 5.41) is 2.78. The second-order valence-electron chi connectivity index (χ2n) is 6.82. The third-order valence-corrected chi connectivity index (χ3v) is 5.04. The van der Waals surface area contributed by atoms with Crippen LogP contribution in [0.5, 0.6) is 0 Å². The molecule has 0 aliphatic rings. The van der Waals surface area contributed by atoms with Crippen LogP contribution in [0.4, 0.5) is 0 Å². The summed E-state index contributed by atoms with van der Waals surface area (Å²) in [5.74, 6) is -0.00968. The van der Waals surface area contributed by atoms with Crippen LogP contribution in [0.15, 0.2) is 54.6 Å². The van der Waals surface area contributed by atoms with E-state index < -0.39 is 5.91 Å². The van der Waals surface area contributed by atoms with Crippen LogP contribution >= 0.6 is 0 Å². The van der Waals surface area contributed by atoms with Crippen molar-refractivity contribution in [2.75, 3.05) is 6.54 Å². The average Bonchev–Trinajstić information content (AvgIpc) is 2.99. The monoisotopic (exact) mass is 491 g/mol. The molecule has 0 saturated heterocycles. The van der Waals surface area contributed by atoms with Gasteiger partial charge in [-0.25, -0.2) is 9.13 Å². The van der Waals surface area contributed by atoms with Gasteiger partial charge < -0.3 is 29.3 Å². The Morgan fingerprint density at radius 3 is 2.39 bits per heavy atom. The van der Waals surface area contributed by atoms with Crippen LogP contribution in [-0.2, 0) is 23.2 Å². The normalized spacial score (nSPS) is 11.7. The van der Waals surface area contributed by atoms with Gasteiger partial charge in [0.15, 0.2) is 11.0 Å². The standard InChI is InChI=1S/C22H25N3O2.HI/c1-4-16(2)20(26)21(27)23-14-15-25-19-13-9-8-12-18(19)24(3)22(25)17-10-6-5-7-11-17;/h5-13,16H,4,14-15H2,1-3H3;1H. The van der Waals surface area contributed by atoms with E-state index in [1.54, 1.807) is 6.92 Å². The Bertz CT molecular complexity index is 967. The fourth-order valence-corrected chi connectivity index (χ4v) is 3.33. The summed E-state index contributed by atoms with van der Waals surface area (Å²) >= 11 is 0. The van der Waals surface area contributed by atoms with Crippen LogP contribution in [0.25, 0.3) is 22.4 Å². The van der Waals surface area contributed by atoms with Crippen molar-refractivity contribution in [3.05, 3.63) is 54.6 Å². The van der Waals surface area contributed by atoms with Crippen LogP contribution in [0.3, 0.4) is 0 Å². The van der Waals surface area contributed by atoms with Gasteiger partial charge in [-0.15, -0.1) is 0 Å². The van der Waals surface area contributed by atoms with E-state index in [-0.39, 0.29) is 35.7 Å². The molecule has 6 heteroatoms. The largest absolute Gasteiger partial charge is 1.00 e. The van der Waals surface area contributed by atoms with Crippen molar-refractivity contribution in [2.24, 2.45) is 13.0 Å². The van der Waals surface area contributed by atoms with E-state index in [9.17, 15) is 9.59 Å². The predicted molar refractivity (Wildman–Crippen MR) is 106 cm³/mol. The second-order valence-corrected chi connectivity index (χ2v) is 6.82. The fourth-order valence-electron chi connectivity index (χ4n) is 3.33. The predicted octanol–water partition coefficient (Wildman–Crippen LogP) is -0.132. The summed E-state index contributed by atoms with van der Waals surface area (Å²) in [5.41, 5.74) is 3.33. The topological polar surface area (TPSA) is 55.0 Å². The Morgan fingerprint density at radius 1 is 1.07 bits per heavy atom. The van der Waals surface area contributed by atoms with E-state index in [1.807, 2.05) is 44.3 Å². The zero-order valence-electron chi connectivity index (χ0n) is 16.5. The number of para-hydroxylation sites is 2. The van der Waals surface area contributed by atoms with E-state index >= 15 is 0 Å². The molecule has 3 aromatic rings. The molecule has 0 saturated carbocycles. The number of nitrogens with zero attached hydrogens (tertiary/aromatic N) is 2. The Morgan fingerprint density at radius 2 is 1.71 bits per heavy atom. The van der Waals surface area contributed by atoms with Crippen molar-refractivity contribution in [3.63, 3.8) is 0 Å². The van der Waals surface area contributed by atoms with Crippen LogP contribution in [0.1, 0.15) is 20.3 Å². The lowest BCUT2D eigenvalue weighted by molar-refractivity contribution is -0.634. The molecule has 1 heterocycles. The van der Waals surface area contributed by atoms with Gasteiger partial charge in [-0.3, -0.25) is 9.59 Å². The molecule has 1 unspecified atom stereocenters. The summed E-state index contributed by atoms with van der Waals surface area (Å²) in [6.07, 6.45) is 0.669. The van der Waals surface area contributed by atoms with Crippen LogP contribution < -0.4 is 33.9 Å². The van der Waals surface area contributed by atoms with Crippen molar-refractivity contribution in [1.29, 1.82) is 0 Å². The number of aryl methyl sites for hydroxylation is 1. The minimum Gasteiger partial charge on any atom is -1.00 e. The molecule has 0 fully saturated rings. The summed E-state index contributed by atoms with van der Waals surface area (Å²) in [4.78, 5) is 24.1. The Kier molecular flexibility index (Phi) is 7.74. The highest BCUT2D eigenvalue weighted by Crippen LogP contribution is 2.22. The molecule has 5 nitrogen and oxygen atoms in total. The lowest BCUT2D eigenvalue weighted by Gasteiger charge is -2.08. The highest BCUT2D eigenvalue weighted by molar-refractivity contribution is 6.36. The molecule has 1 N–H and O–H groups in total. The first-order chi connectivity index (χ1) is 13.0. The Hall–Kier alpha value is -2.22. The number of Topliss-reactive ketones (excluding diaryl/α,β-unsaturated/α-hetero) is 1. The van der Waals surface area contributed by atoms with E-state index in [2.05, 4.69) is 38.7 Å². The molecule has 0 spiro atoms. The molecule has 3 rings (SSSR count). The number of rotatable bonds is 7. The first kappa shape index (κ1) is 22.1. The number of ketones is 1. The zero-order valence-corrected chi connectivity index (χ0v) is 18.6. The third-order valence-electron chi connectivity index (χ3n) is 5.04. The number of halogens is 1. The minimum atomic E-state index is -0.494. The van der Waals surface area contributed by atoms with Gasteiger partial charge in [-0.2, -0.15) is 0 Å². The molecule has 0 aliphatic carbocycles. The van der Waals surface area contributed by atoms with E-state index in [0.29, 0.717) is 19.5 Å². The second kappa shape index (κ2) is 9.82. The molecule has 1 atom stereocenters. The summed E-state index contributed by atoms with van der Waals surface area (Å²) in [7, 11) is 2.05. The van der Waals surface area contributed by atoms with Crippen molar-refractivity contribution in [1.82, 2.24) is 9.88 Å². The Labute approximate surface area is 182 Å². The van der Waals surface area contributed by atoms with Crippen molar-refractivity contribution < 1.29 is 38.1 Å². The smallest absolute Gasteiger partial charge is 0.289 e. The SMILES string of the molecule is CCC(C)C(=O)C(=O)NCCn1c(-c2ccccc2)[n+](C)c2ccccc21.[I-]. The Balaban J connectivity index is 0.00000280. The molecule has 1 aromatic heterocycles. The number of nitrogens with one attached hydrogen (secondary N) is 1. The first-order valence-electron chi connectivity index (χ1n) is 9.39. The maximum atomic E-state index is 12.1. The number of hydrogen-bond acceptors (Lipinski definition) is 2. The van der Waals surface area contributed by atoms with Gasteiger partial charge in [-0.1, -0.05) is 44.2 Å². The van der Waals surface area contributed by atoms with Gasteiger partial charge in [-0.05, 0) is 30.7 Å². The molecule has 0 bridgehead atoms. The molecule has 148 valence electrons. The fraction of sp³-hybridized carbons (Fsp3) is 0.318. The number of fused-ring (bicyclic) bond motifs is 1. The zero-order chi connectivity index (χ0) is 19.4. The minimum absolute atomic E-state index is 0. The summed E-state index contributed by atoms with van der Waals surface area (Å²) < 4.78 is 4.36. The van der Waals surface area contributed by atoms with Gasteiger partial charge >= 0.3 is 0 Å². The van der Waals surface area contributed by atoms with Gasteiger partial charge in [0, 0.05) is 5.92 Å². The van der Waals surface area contributed by atoms with Crippen molar-refractivity contribution in [3.8, 4) is 11.4 Å². The van der Waals surface area contributed by atoms with Crippen LogP contribution in [0, 0.1) is 5.92 Å². The number of imidazole rings is 1. The maximum absolute atomic E-state index is 12.1. The molecule has 1 amide bonds. The molecular formula is C22H26IN3O2. The number of benzene rings is 2. The lowest BCUT2D eigenvalue weighted by Crippen LogP contribution is -3.00. The van der Waals surface area contributed by atoms with Crippen LogP contribution in [0.2, 0.25) is 0 Å². The molecule has 28 heavy (non-hydrogen) atoms. The van der Waals surface area contributed by atoms with E-state index in [4.69, 9.17) is 0 Å². The lowest BCUT2D eigenvalue weighted by atomic mass is 10.0. The molecule has 2 aromatic carbocycles. The molecule has 0 radical (unpaired) electrons. The number of carbonyl (C=O) groups excluding carboxylic acids is 2. The highest BCUT2D eigenvalue weighted by Gasteiger charge is 2.24.